The minimum atomic E-state index is -0.231. The number of benzene rings is 3. The summed E-state index contributed by atoms with van der Waals surface area (Å²) in [5.41, 5.74) is 5.36. The first-order chi connectivity index (χ1) is 13.7. The second kappa shape index (κ2) is 7.92. The number of hydrogen-bond acceptors (Lipinski definition) is 2. The van der Waals surface area contributed by atoms with Crippen molar-refractivity contribution in [1.29, 1.82) is 0 Å². The summed E-state index contributed by atoms with van der Waals surface area (Å²) >= 11 is 0. The number of urea groups is 1. The van der Waals surface area contributed by atoms with Crippen molar-refractivity contribution in [2.45, 2.75) is 13.5 Å². The fourth-order valence-electron chi connectivity index (χ4n) is 3.26. The van der Waals surface area contributed by atoms with Gasteiger partial charge in [0.1, 0.15) is 0 Å². The first-order valence-corrected chi connectivity index (χ1v) is 9.23. The fraction of sp³-hybridized carbons (Fsp3) is 0.0833. The lowest BCUT2D eigenvalue weighted by Crippen LogP contribution is -2.28. The first-order valence-electron chi connectivity index (χ1n) is 9.23. The molecule has 4 nitrogen and oxygen atoms in total. The normalized spacial score (nSPS) is 10.6. The average Bonchev–Trinajstić information content (AvgIpc) is 2.73. The van der Waals surface area contributed by atoms with Crippen LogP contribution in [-0.2, 0) is 6.54 Å². The number of nitrogens with one attached hydrogen (secondary N) is 2. The number of carbonyl (C=O) groups is 1. The Balaban J connectivity index is 1.58. The molecule has 0 spiro atoms. The SMILES string of the molecule is Cc1ccc(-c2ccc(CNC(=O)Nc3ccccc3)c3cnccc23)cc1. The van der Waals surface area contributed by atoms with Gasteiger partial charge in [-0.05, 0) is 47.2 Å². The van der Waals surface area contributed by atoms with Gasteiger partial charge in [-0.1, -0.05) is 60.2 Å². The number of nitrogens with zero attached hydrogens (tertiary/aromatic N) is 1. The van der Waals surface area contributed by atoms with Crippen LogP contribution in [-0.4, -0.2) is 11.0 Å². The molecule has 0 atom stereocenters. The average molecular weight is 367 g/mol. The van der Waals surface area contributed by atoms with Crippen molar-refractivity contribution in [1.82, 2.24) is 10.3 Å². The quantitative estimate of drug-likeness (QED) is 0.498. The maximum Gasteiger partial charge on any atom is 0.319 e. The molecular formula is C24H21N3O. The highest BCUT2D eigenvalue weighted by Gasteiger charge is 2.09. The molecule has 0 fully saturated rings. The van der Waals surface area contributed by atoms with E-state index in [9.17, 15) is 4.79 Å². The fourth-order valence-corrected chi connectivity index (χ4v) is 3.26. The zero-order valence-corrected chi connectivity index (χ0v) is 15.6. The molecule has 0 saturated heterocycles. The number of anilines is 1. The highest BCUT2D eigenvalue weighted by Crippen LogP contribution is 2.30. The molecule has 0 saturated carbocycles. The second-order valence-corrected chi connectivity index (χ2v) is 6.73. The van der Waals surface area contributed by atoms with Crippen LogP contribution in [0.5, 0.6) is 0 Å². The standard InChI is InChI=1S/C24H21N3O/c1-17-7-9-18(10-8-17)21-12-11-19(23-16-25-14-13-22(21)23)15-26-24(28)27-20-5-3-2-4-6-20/h2-14,16H,15H2,1H3,(H2,26,27,28). The Bertz CT molecular complexity index is 1110. The van der Waals surface area contributed by atoms with E-state index >= 15 is 0 Å². The zero-order chi connectivity index (χ0) is 19.3. The molecule has 4 heteroatoms. The van der Waals surface area contributed by atoms with Gasteiger partial charge in [0.2, 0.25) is 0 Å². The number of fused-ring (bicyclic) bond motifs is 1. The lowest BCUT2D eigenvalue weighted by Gasteiger charge is -2.13. The van der Waals surface area contributed by atoms with Crippen molar-refractivity contribution >= 4 is 22.5 Å². The Hall–Kier alpha value is -3.66. The molecule has 3 aromatic carbocycles. The topological polar surface area (TPSA) is 54.0 Å². The molecule has 4 aromatic rings. The summed E-state index contributed by atoms with van der Waals surface area (Å²) in [5.74, 6) is 0. The number of aryl methyl sites for hydroxylation is 1. The molecule has 2 N–H and O–H groups in total. The monoisotopic (exact) mass is 367 g/mol. The predicted molar refractivity (Wildman–Crippen MR) is 114 cm³/mol. The van der Waals surface area contributed by atoms with Crippen LogP contribution in [0, 0.1) is 6.92 Å². The number of carbonyl (C=O) groups excluding carboxylic acids is 1. The van der Waals surface area contributed by atoms with E-state index in [2.05, 4.69) is 58.9 Å². The number of aromatic nitrogens is 1. The summed E-state index contributed by atoms with van der Waals surface area (Å²) in [6.45, 7) is 2.51. The van der Waals surface area contributed by atoms with E-state index in [1.165, 1.54) is 11.1 Å². The van der Waals surface area contributed by atoms with Gasteiger partial charge in [-0.25, -0.2) is 4.79 Å². The van der Waals surface area contributed by atoms with E-state index in [0.29, 0.717) is 6.54 Å². The van der Waals surface area contributed by atoms with E-state index in [1.54, 1.807) is 6.20 Å². The number of para-hydroxylation sites is 1. The Labute approximate surface area is 164 Å². The minimum absolute atomic E-state index is 0.231. The lowest BCUT2D eigenvalue weighted by atomic mass is 9.96. The van der Waals surface area contributed by atoms with Crippen LogP contribution < -0.4 is 10.6 Å². The molecule has 2 amide bonds. The molecule has 1 aromatic heterocycles. The van der Waals surface area contributed by atoms with Gasteiger partial charge < -0.3 is 10.6 Å². The van der Waals surface area contributed by atoms with Gasteiger partial charge in [-0.15, -0.1) is 0 Å². The summed E-state index contributed by atoms with van der Waals surface area (Å²) in [6.07, 6.45) is 3.67. The molecular weight excluding hydrogens is 346 g/mol. The second-order valence-electron chi connectivity index (χ2n) is 6.73. The summed E-state index contributed by atoms with van der Waals surface area (Å²) in [6, 6.07) is 23.9. The van der Waals surface area contributed by atoms with Crippen molar-refractivity contribution in [2.75, 3.05) is 5.32 Å². The van der Waals surface area contributed by atoms with Gasteiger partial charge in [0.05, 0.1) is 0 Å². The Morgan fingerprint density at radius 1 is 0.893 bits per heavy atom. The number of amides is 2. The van der Waals surface area contributed by atoms with Crippen LogP contribution in [0.3, 0.4) is 0 Å². The van der Waals surface area contributed by atoms with Crippen LogP contribution >= 0.6 is 0 Å². The largest absolute Gasteiger partial charge is 0.334 e. The minimum Gasteiger partial charge on any atom is -0.334 e. The van der Waals surface area contributed by atoms with E-state index in [1.807, 2.05) is 42.6 Å². The van der Waals surface area contributed by atoms with E-state index in [-0.39, 0.29) is 6.03 Å². The first kappa shape index (κ1) is 17.7. The van der Waals surface area contributed by atoms with Gasteiger partial charge in [0.25, 0.3) is 0 Å². The Morgan fingerprint density at radius 2 is 1.68 bits per heavy atom. The van der Waals surface area contributed by atoms with Gasteiger partial charge >= 0.3 is 6.03 Å². The maximum absolute atomic E-state index is 12.2. The third-order valence-electron chi connectivity index (χ3n) is 4.74. The maximum atomic E-state index is 12.2. The van der Waals surface area contributed by atoms with Gasteiger partial charge in [0.15, 0.2) is 0 Å². The number of hydrogen-bond donors (Lipinski definition) is 2. The molecule has 0 radical (unpaired) electrons. The third kappa shape index (κ3) is 3.86. The third-order valence-corrected chi connectivity index (χ3v) is 4.74. The summed E-state index contributed by atoms with van der Waals surface area (Å²) in [7, 11) is 0. The van der Waals surface area contributed by atoms with Crippen molar-refractivity contribution in [3.63, 3.8) is 0 Å². The van der Waals surface area contributed by atoms with Gasteiger partial charge in [0, 0.05) is 30.0 Å². The Kier molecular flexibility index (Phi) is 5.02. The number of pyridine rings is 1. The Morgan fingerprint density at radius 3 is 2.46 bits per heavy atom. The molecule has 0 aliphatic rings. The van der Waals surface area contributed by atoms with Crippen molar-refractivity contribution < 1.29 is 4.79 Å². The molecule has 138 valence electrons. The van der Waals surface area contributed by atoms with E-state index in [0.717, 1.165) is 27.6 Å². The van der Waals surface area contributed by atoms with Crippen LogP contribution in [0.2, 0.25) is 0 Å². The highest BCUT2D eigenvalue weighted by molar-refractivity contribution is 5.98. The molecule has 0 bridgehead atoms. The smallest absolute Gasteiger partial charge is 0.319 e. The molecule has 0 aliphatic carbocycles. The van der Waals surface area contributed by atoms with Crippen molar-refractivity contribution in [3.05, 3.63) is 96.3 Å². The summed E-state index contributed by atoms with van der Waals surface area (Å²) in [4.78, 5) is 16.5. The van der Waals surface area contributed by atoms with E-state index < -0.39 is 0 Å². The van der Waals surface area contributed by atoms with Crippen molar-refractivity contribution in [3.8, 4) is 11.1 Å². The lowest BCUT2D eigenvalue weighted by molar-refractivity contribution is 0.252. The van der Waals surface area contributed by atoms with Crippen LogP contribution in [0.25, 0.3) is 21.9 Å². The molecule has 1 heterocycles. The number of rotatable bonds is 4. The summed E-state index contributed by atoms with van der Waals surface area (Å²) < 4.78 is 0. The highest BCUT2D eigenvalue weighted by atomic mass is 16.2. The zero-order valence-electron chi connectivity index (χ0n) is 15.6. The molecule has 28 heavy (non-hydrogen) atoms. The summed E-state index contributed by atoms with van der Waals surface area (Å²) in [5, 5.41) is 7.93. The van der Waals surface area contributed by atoms with E-state index in [4.69, 9.17) is 0 Å². The predicted octanol–water partition coefficient (Wildman–Crippen LogP) is 5.53. The molecule has 0 unspecified atom stereocenters. The van der Waals surface area contributed by atoms with Crippen LogP contribution in [0.15, 0.2) is 85.2 Å². The van der Waals surface area contributed by atoms with Gasteiger partial charge in [-0.2, -0.15) is 0 Å². The molecule has 0 aliphatic heterocycles. The van der Waals surface area contributed by atoms with Gasteiger partial charge in [-0.3, -0.25) is 4.98 Å². The van der Waals surface area contributed by atoms with Crippen LogP contribution in [0.4, 0.5) is 10.5 Å². The molecule has 4 rings (SSSR count). The van der Waals surface area contributed by atoms with Crippen LogP contribution in [0.1, 0.15) is 11.1 Å². The van der Waals surface area contributed by atoms with Crippen molar-refractivity contribution in [2.24, 2.45) is 0 Å².